The average molecular weight is 254 g/mol. The van der Waals surface area contributed by atoms with Crippen LogP contribution in [0.1, 0.15) is 46.9 Å². The minimum atomic E-state index is -0.580. The zero-order valence-electron chi connectivity index (χ0n) is 9.47. The highest BCUT2D eigenvalue weighted by Gasteiger charge is 2.22. The van der Waals surface area contributed by atoms with Crippen molar-refractivity contribution in [1.29, 1.82) is 0 Å². The molecule has 3 nitrogen and oxygen atoms in total. The van der Waals surface area contributed by atoms with Crippen molar-refractivity contribution in [3.8, 4) is 0 Å². The minimum Gasteiger partial charge on any atom is -0.383 e. The Hall–Kier alpha value is -0.780. The van der Waals surface area contributed by atoms with Crippen LogP contribution in [0, 0.1) is 6.92 Å². The summed E-state index contributed by atoms with van der Waals surface area (Å²) in [5.74, 6) is 0.294. The third kappa shape index (κ3) is 2.03. The Morgan fingerprint density at radius 3 is 2.69 bits per heavy atom. The molecule has 0 fully saturated rings. The van der Waals surface area contributed by atoms with Crippen molar-refractivity contribution >= 4 is 22.9 Å². The van der Waals surface area contributed by atoms with E-state index in [1.807, 2.05) is 18.4 Å². The molecule has 5 heteroatoms. The molecule has 2 aromatic rings. The zero-order chi connectivity index (χ0) is 11.7. The molecular formula is C11H14N2OS2. The molecule has 1 unspecified atom stereocenters. The summed E-state index contributed by atoms with van der Waals surface area (Å²) in [6.45, 7) is 6.15. The summed E-state index contributed by atoms with van der Waals surface area (Å²) in [4.78, 5) is 2.02. The van der Waals surface area contributed by atoms with Gasteiger partial charge in [0.15, 0.2) is 0 Å². The summed E-state index contributed by atoms with van der Waals surface area (Å²) in [5.41, 5.74) is 1.88. The van der Waals surface area contributed by atoms with Gasteiger partial charge >= 0.3 is 0 Å². The molecule has 0 saturated heterocycles. The average Bonchev–Trinajstić information content (AvgIpc) is 2.84. The fourth-order valence-corrected chi connectivity index (χ4v) is 3.16. The Bertz CT molecular complexity index is 476. The molecule has 1 atom stereocenters. The number of hydrogen-bond donors (Lipinski definition) is 1. The van der Waals surface area contributed by atoms with Gasteiger partial charge in [-0.1, -0.05) is 18.3 Å². The van der Waals surface area contributed by atoms with Gasteiger partial charge in [-0.25, -0.2) is 0 Å². The molecule has 0 amide bonds. The van der Waals surface area contributed by atoms with Crippen LogP contribution in [0.15, 0.2) is 11.4 Å². The van der Waals surface area contributed by atoms with Gasteiger partial charge in [-0.2, -0.15) is 0 Å². The van der Waals surface area contributed by atoms with Crippen LogP contribution >= 0.6 is 22.9 Å². The molecule has 1 N–H and O–H groups in total. The van der Waals surface area contributed by atoms with Gasteiger partial charge in [-0.05, 0) is 41.4 Å². The molecule has 2 rings (SSSR count). The highest BCUT2D eigenvalue weighted by Crippen LogP contribution is 2.33. The van der Waals surface area contributed by atoms with Gasteiger partial charge in [0, 0.05) is 4.88 Å². The van der Waals surface area contributed by atoms with E-state index in [-0.39, 0.29) is 0 Å². The SMILES string of the molecule is Cc1sccc1C(O)c1snnc1C(C)C. The monoisotopic (exact) mass is 254 g/mol. The highest BCUT2D eigenvalue weighted by molar-refractivity contribution is 7.10. The standard InChI is InChI=1S/C11H14N2OS2/c1-6(2)9-11(16-13-12-9)10(14)8-4-5-15-7(8)3/h4-6,10,14H,1-3H3. The summed E-state index contributed by atoms with van der Waals surface area (Å²) in [5, 5.41) is 16.4. The number of hydrogen-bond acceptors (Lipinski definition) is 5. The zero-order valence-corrected chi connectivity index (χ0v) is 11.1. The van der Waals surface area contributed by atoms with E-state index in [9.17, 15) is 5.11 Å². The number of aryl methyl sites for hydroxylation is 1. The van der Waals surface area contributed by atoms with Crippen molar-refractivity contribution in [1.82, 2.24) is 9.59 Å². The predicted molar refractivity (Wildman–Crippen MR) is 67.1 cm³/mol. The second-order valence-electron chi connectivity index (χ2n) is 4.01. The molecule has 16 heavy (non-hydrogen) atoms. The predicted octanol–water partition coefficient (Wildman–Crippen LogP) is 3.11. The Morgan fingerprint density at radius 2 is 2.12 bits per heavy atom. The summed E-state index contributed by atoms with van der Waals surface area (Å²) in [6, 6.07) is 1.97. The lowest BCUT2D eigenvalue weighted by Crippen LogP contribution is -2.02. The lowest BCUT2D eigenvalue weighted by Gasteiger charge is -2.10. The molecule has 0 spiro atoms. The fraction of sp³-hybridized carbons (Fsp3) is 0.455. The molecule has 86 valence electrons. The first-order valence-electron chi connectivity index (χ1n) is 5.15. The molecule has 2 aromatic heterocycles. The topological polar surface area (TPSA) is 46.0 Å². The number of thiophene rings is 1. The van der Waals surface area contributed by atoms with Crippen molar-refractivity contribution in [2.45, 2.75) is 32.8 Å². The van der Waals surface area contributed by atoms with E-state index in [1.54, 1.807) is 11.3 Å². The van der Waals surface area contributed by atoms with Crippen LogP contribution in [-0.4, -0.2) is 14.7 Å². The maximum atomic E-state index is 10.3. The number of aliphatic hydroxyl groups excluding tert-OH is 1. The fourth-order valence-electron chi connectivity index (χ4n) is 1.61. The first kappa shape index (κ1) is 11.7. The summed E-state index contributed by atoms with van der Waals surface area (Å²) in [6.07, 6.45) is -0.580. The number of aliphatic hydroxyl groups is 1. The lowest BCUT2D eigenvalue weighted by atomic mass is 10.0. The first-order chi connectivity index (χ1) is 7.61. The van der Waals surface area contributed by atoms with Crippen molar-refractivity contribution in [3.63, 3.8) is 0 Å². The van der Waals surface area contributed by atoms with E-state index in [2.05, 4.69) is 23.4 Å². The third-order valence-corrected chi connectivity index (χ3v) is 4.18. The van der Waals surface area contributed by atoms with Gasteiger partial charge in [-0.3, -0.25) is 0 Å². The van der Waals surface area contributed by atoms with Crippen molar-refractivity contribution < 1.29 is 5.11 Å². The van der Waals surface area contributed by atoms with Gasteiger partial charge in [0.2, 0.25) is 0 Å². The van der Waals surface area contributed by atoms with Crippen molar-refractivity contribution in [2.24, 2.45) is 0 Å². The Labute approximate surface area is 103 Å². The van der Waals surface area contributed by atoms with Gasteiger partial charge in [-0.15, -0.1) is 16.4 Å². The molecule has 0 aliphatic heterocycles. The van der Waals surface area contributed by atoms with Gasteiger partial charge in [0.25, 0.3) is 0 Å². The minimum absolute atomic E-state index is 0.294. The van der Waals surface area contributed by atoms with E-state index < -0.39 is 6.10 Å². The van der Waals surface area contributed by atoms with Crippen LogP contribution in [0.5, 0.6) is 0 Å². The maximum Gasteiger partial charge on any atom is 0.118 e. The van der Waals surface area contributed by atoms with Crippen LogP contribution in [0.4, 0.5) is 0 Å². The smallest absolute Gasteiger partial charge is 0.118 e. The Morgan fingerprint density at radius 1 is 1.38 bits per heavy atom. The molecule has 0 radical (unpaired) electrons. The van der Waals surface area contributed by atoms with Gasteiger partial charge < -0.3 is 5.11 Å². The number of rotatable bonds is 3. The van der Waals surface area contributed by atoms with E-state index in [0.29, 0.717) is 5.92 Å². The summed E-state index contributed by atoms with van der Waals surface area (Å²) in [7, 11) is 0. The molecule has 0 aromatic carbocycles. The molecule has 0 saturated carbocycles. The first-order valence-corrected chi connectivity index (χ1v) is 6.80. The van der Waals surface area contributed by atoms with Crippen LogP contribution in [-0.2, 0) is 0 Å². The molecule has 0 aliphatic rings. The van der Waals surface area contributed by atoms with Gasteiger partial charge in [0.1, 0.15) is 6.10 Å². The summed E-state index contributed by atoms with van der Waals surface area (Å²) < 4.78 is 3.94. The van der Waals surface area contributed by atoms with E-state index in [0.717, 1.165) is 21.0 Å². The van der Waals surface area contributed by atoms with Crippen LogP contribution in [0.25, 0.3) is 0 Å². The van der Waals surface area contributed by atoms with Crippen LogP contribution in [0.3, 0.4) is 0 Å². The number of aromatic nitrogens is 2. The third-order valence-electron chi connectivity index (χ3n) is 2.53. The second kappa shape index (κ2) is 4.61. The van der Waals surface area contributed by atoms with Crippen LogP contribution in [0.2, 0.25) is 0 Å². The maximum absolute atomic E-state index is 10.3. The largest absolute Gasteiger partial charge is 0.383 e. The Kier molecular flexibility index (Phi) is 3.37. The van der Waals surface area contributed by atoms with Crippen LogP contribution < -0.4 is 0 Å². The number of nitrogens with zero attached hydrogens (tertiary/aromatic N) is 2. The molecular weight excluding hydrogens is 240 g/mol. The molecule has 2 heterocycles. The highest BCUT2D eigenvalue weighted by atomic mass is 32.1. The van der Waals surface area contributed by atoms with E-state index in [1.165, 1.54) is 11.5 Å². The molecule has 0 aliphatic carbocycles. The van der Waals surface area contributed by atoms with Crippen molar-refractivity contribution in [3.05, 3.63) is 32.5 Å². The van der Waals surface area contributed by atoms with Gasteiger partial charge in [0.05, 0.1) is 10.6 Å². The quantitative estimate of drug-likeness (QED) is 0.915. The normalized spacial score (nSPS) is 13.3. The summed E-state index contributed by atoms with van der Waals surface area (Å²) >= 11 is 2.93. The van der Waals surface area contributed by atoms with Crippen molar-refractivity contribution in [2.75, 3.05) is 0 Å². The lowest BCUT2D eigenvalue weighted by molar-refractivity contribution is 0.222. The van der Waals surface area contributed by atoms with E-state index >= 15 is 0 Å². The Balaban J connectivity index is 2.38. The van der Waals surface area contributed by atoms with E-state index in [4.69, 9.17) is 0 Å². The molecule has 0 bridgehead atoms. The second-order valence-corrected chi connectivity index (χ2v) is 5.92.